The lowest BCUT2D eigenvalue weighted by Crippen LogP contribution is -2.37. The Labute approximate surface area is 151 Å². The Morgan fingerprint density at radius 3 is 2.74 bits per heavy atom. The van der Waals surface area contributed by atoms with Gasteiger partial charge in [0.05, 0.1) is 37.6 Å². The molecule has 7 heteroatoms. The molecule has 0 aromatic carbocycles. The van der Waals surface area contributed by atoms with Gasteiger partial charge < -0.3 is 14.4 Å². The van der Waals surface area contributed by atoms with Crippen molar-refractivity contribution >= 4 is 28.4 Å². The first-order valence-corrected chi connectivity index (χ1v) is 9.41. The van der Waals surface area contributed by atoms with E-state index >= 15 is 0 Å². The van der Waals surface area contributed by atoms with E-state index in [1.807, 2.05) is 17.8 Å². The largest absolute Gasteiger partial charge is 0.378 e. The molecule has 1 unspecified atom stereocenters. The fraction of sp³-hybridized carbons (Fsp3) is 0.750. The first kappa shape index (κ1) is 18.8. The van der Waals surface area contributed by atoms with Crippen molar-refractivity contribution < 1.29 is 14.3 Å². The summed E-state index contributed by atoms with van der Waals surface area (Å²) in [5.74, 6) is 0.0757. The molecular weight excluding hydrogens is 409 g/mol. The summed E-state index contributed by atoms with van der Waals surface area (Å²) in [7, 11) is 0. The van der Waals surface area contributed by atoms with Crippen molar-refractivity contribution in [3.63, 3.8) is 0 Å². The molecule has 6 nitrogen and oxygen atoms in total. The second-order valence-electron chi connectivity index (χ2n) is 5.86. The van der Waals surface area contributed by atoms with Gasteiger partial charge in [-0.15, -0.1) is 0 Å². The molecule has 0 bridgehead atoms. The number of likely N-dealkylation sites (tertiary alicyclic amines) is 1. The third-order valence-electron chi connectivity index (χ3n) is 4.07. The molecule has 130 valence electrons. The molecule has 0 radical (unpaired) electrons. The zero-order chi connectivity index (χ0) is 16.7. The summed E-state index contributed by atoms with van der Waals surface area (Å²) < 4.78 is 13.2. The third kappa shape index (κ3) is 6.48. The molecular formula is C16H26IN3O3. The van der Waals surface area contributed by atoms with Crippen molar-refractivity contribution in [2.45, 2.75) is 36.8 Å². The Hall–Kier alpha value is -0.510. The highest BCUT2D eigenvalue weighted by Gasteiger charge is 2.21. The number of rotatable bonds is 9. The van der Waals surface area contributed by atoms with Crippen LogP contribution in [0.4, 0.5) is 0 Å². The fourth-order valence-electron chi connectivity index (χ4n) is 2.69. The molecule has 1 aromatic heterocycles. The molecule has 2 rings (SSSR count). The average molecular weight is 435 g/mol. The van der Waals surface area contributed by atoms with E-state index in [1.165, 1.54) is 0 Å². The number of carbonyl (C=O) groups is 1. The summed E-state index contributed by atoms with van der Waals surface area (Å²) >= 11 is 2.24. The molecule has 0 spiro atoms. The minimum absolute atomic E-state index is 0.0757. The highest BCUT2D eigenvalue weighted by molar-refractivity contribution is 14.1. The van der Waals surface area contributed by atoms with Gasteiger partial charge in [-0.05, 0) is 26.7 Å². The SMILES string of the molecule is CC(=O)c1cnn(C2CCN(CCOCCOC(C)I)CC2)c1. The quantitative estimate of drug-likeness (QED) is 0.258. The second kappa shape index (κ2) is 9.71. The molecule has 1 atom stereocenters. The molecule has 1 saturated heterocycles. The number of alkyl halides is 1. The lowest BCUT2D eigenvalue weighted by molar-refractivity contribution is 0.0342. The van der Waals surface area contributed by atoms with E-state index in [2.05, 4.69) is 32.6 Å². The number of hydrogen-bond acceptors (Lipinski definition) is 5. The molecule has 23 heavy (non-hydrogen) atoms. The minimum Gasteiger partial charge on any atom is -0.378 e. The van der Waals surface area contributed by atoms with Crippen molar-refractivity contribution in [1.29, 1.82) is 0 Å². The number of hydrogen-bond donors (Lipinski definition) is 0. The molecule has 2 heterocycles. The fourth-order valence-corrected chi connectivity index (χ4v) is 2.95. The van der Waals surface area contributed by atoms with Crippen LogP contribution in [-0.2, 0) is 9.47 Å². The van der Waals surface area contributed by atoms with Crippen LogP contribution in [0.3, 0.4) is 0 Å². The normalized spacial score (nSPS) is 18.2. The summed E-state index contributed by atoms with van der Waals surface area (Å²) in [4.78, 5) is 13.8. The minimum atomic E-state index is 0.0757. The maximum atomic E-state index is 11.3. The van der Waals surface area contributed by atoms with E-state index in [1.54, 1.807) is 13.1 Å². The Morgan fingerprint density at radius 1 is 1.39 bits per heavy atom. The van der Waals surface area contributed by atoms with E-state index < -0.39 is 0 Å². The van der Waals surface area contributed by atoms with Gasteiger partial charge in [0.1, 0.15) is 4.11 Å². The highest BCUT2D eigenvalue weighted by atomic mass is 127. The molecule has 0 N–H and O–H groups in total. The monoisotopic (exact) mass is 435 g/mol. The molecule has 1 aliphatic heterocycles. The summed E-state index contributed by atoms with van der Waals surface area (Å²) in [5, 5.41) is 4.33. The maximum absolute atomic E-state index is 11.3. The zero-order valence-electron chi connectivity index (χ0n) is 13.9. The number of Topliss-reactive ketones (excluding diaryl/α,β-unsaturated/α-hetero) is 1. The maximum Gasteiger partial charge on any atom is 0.162 e. The van der Waals surface area contributed by atoms with Gasteiger partial charge >= 0.3 is 0 Å². The smallest absolute Gasteiger partial charge is 0.162 e. The van der Waals surface area contributed by atoms with Crippen LogP contribution in [-0.4, -0.2) is 64.0 Å². The number of ketones is 1. The van der Waals surface area contributed by atoms with Gasteiger partial charge in [-0.25, -0.2) is 0 Å². The van der Waals surface area contributed by atoms with Gasteiger partial charge in [0.15, 0.2) is 5.78 Å². The highest BCUT2D eigenvalue weighted by Crippen LogP contribution is 2.22. The van der Waals surface area contributed by atoms with Gasteiger partial charge in [-0.1, -0.05) is 22.6 Å². The predicted octanol–water partition coefficient (Wildman–Crippen LogP) is 2.54. The molecule has 0 saturated carbocycles. The summed E-state index contributed by atoms with van der Waals surface area (Å²) in [5.41, 5.74) is 0.698. The Balaban J connectivity index is 1.61. The Morgan fingerprint density at radius 2 is 2.13 bits per heavy atom. The van der Waals surface area contributed by atoms with Crippen molar-refractivity contribution in [2.24, 2.45) is 0 Å². The first-order valence-electron chi connectivity index (χ1n) is 8.17. The van der Waals surface area contributed by atoms with Crippen molar-refractivity contribution in [3.05, 3.63) is 18.0 Å². The van der Waals surface area contributed by atoms with E-state index in [-0.39, 0.29) is 9.89 Å². The van der Waals surface area contributed by atoms with Crippen molar-refractivity contribution in [2.75, 3.05) is 39.5 Å². The van der Waals surface area contributed by atoms with Gasteiger partial charge in [0, 0.05) is 25.8 Å². The standard InChI is InChI=1S/C16H26IN3O3/c1-13(21)15-11-18-20(12-15)16-3-5-19(6-4-16)7-8-22-9-10-23-14(2)17/h11-12,14,16H,3-10H2,1-2H3. The number of carbonyl (C=O) groups excluding carboxylic acids is 1. The summed E-state index contributed by atoms with van der Waals surface area (Å²) in [6.07, 6.45) is 5.67. The van der Waals surface area contributed by atoms with Crippen LogP contribution in [0.5, 0.6) is 0 Å². The number of aromatic nitrogens is 2. The number of ether oxygens (including phenoxy) is 2. The van der Waals surface area contributed by atoms with E-state index in [4.69, 9.17) is 9.47 Å². The van der Waals surface area contributed by atoms with E-state index in [9.17, 15) is 4.79 Å². The molecule has 1 fully saturated rings. The first-order chi connectivity index (χ1) is 11.1. The van der Waals surface area contributed by atoms with Crippen LogP contribution in [0, 0.1) is 0 Å². The summed E-state index contributed by atoms with van der Waals surface area (Å²) in [6.45, 7) is 8.72. The lowest BCUT2D eigenvalue weighted by Gasteiger charge is -2.31. The molecule has 0 aliphatic carbocycles. The topological polar surface area (TPSA) is 56.6 Å². The van der Waals surface area contributed by atoms with Gasteiger partial charge in [0.25, 0.3) is 0 Å². The van der Waals surface area contributed by atoms with Crippen LogP contribution in [0.1, 0.15) is 43.1 Å². The average Bonchev–Trinajstić information content (AvgIpc) is 3.01. The van der Waals surface area contributed by atoms with Crippen molar-refractivity contribution in [1.82, 2.24) is 14.7 Å². The van der Waals surface area contributed by atoms with Gasteiger partial charge in [-0.3, -0.25) is 9.48 Å². The number of nitrogens with zero attached hydrogens (tertiary/aromatic N) is 3. The van der Waals surface area contributed by atoms with Crippen LogP contribution < -0.4 is 0 Å². The van der Waals surface area contributed by atoms with Crippen LogP contribution in [0.15, 0.2) is 12.4 Å². The molecule has 1 aliphatic rings. The third-order valence-corrected chi connectivity index (χ3v) is 4.43. The van der Waals surface area contributed by atoms with Crippen molar-refractivity contribution in [3.8, 4) is 0 Å². The summed E-state index contributed by atoms with van der Waals surface area (Å²) in [6, 6.07) is 0.402. The number of halogens is 1. The lowest BCUT2D eigenvalue weighted by atomic mass is 10.1. The number of piperidine rings is 1. The second-order valence-corrected chi connectivity index (χ2v) is 7.62. The zero-order valence-corrected chi connectivity index (χ0v) is 16.1. The van der Waals surface area contributed by atoms with Crippen LogP contribution in [0.2, 0.25) is 0 Å². The van der Waals surface area contributed by atoms with Gasteiger partial charge in [-0.2, -0.15) is 5.10 Å². The van der Waals surface area contributed by atoms with Crippen LogP contribution in [0.25, 0.3) is 0 Å². The van der Waals surface area contributed by atoms with Crippen LogP contribution >= 0.6 is 22.6 Å². The Bertz CT molecular complexity index is 485. The Kier molecular flexibility index (Phi) is 7.94. The molecule has 0 amide bonds. The molecule has 1 aromatic rings. The van der Waals surface area contributed by atoms with Gasteiger partial charge in [0.2, 0.25) is 0 Å². The van der Waals surface area contributed by atoms with E-state index in [0.717, 1.165) is 39.1 Å². The van der Waals surface area contributed by atoms with E-state index in [0.29, 0.717) is 24.8 Å². The predicted molar refractivity (Wildman–Crippen MR) is 97.2 cm³/mol.